The van der Waals surface area contributed by atoms with E-state index in [1.54, 1.807) is 6.08 Å². The van der Waals surface area contributed by atoms with Gasteiger partial charge in [0, 0.05) is 5.56 Å². The monoisotopic (exact) mass is 576 g/mol. The number of hydrogen-bond donors (Lipinski definition) is 0. The third kappa shape index (κ3) is 14.1. The summed E-state index contributed by atoms with van der Waals surface area (Å²) in [7, 11) is 0. The molecule has 0 heterocycles. The van der Waals surface area contributed by atoms with Gasteiger partial charge < -0.3 is 9.47 Å². The van der Waals surface area contributed by atoms with E-state index in [0.717, 1.165) is 29.5 Å². The summed E-state index contributed by atoms with van der Waals surface area (Å²) in [6.07, 6.45) is 23.0. The molecule has 0 saturated carbocycles. The molecule has 0 aliphatic heterocycles. The molecule has 3 heteroatoms. The predicted octanol–water partition coefficient (Wildman–Crippen LogP) is 11.5. The Bertz CT molecular complexity index is 988. The van der Waals surface area contributed by atoms with Crippen molar-refractivity contribution in [1.82, 2.24) is 0 Å². The Kier molecular flexibility index (Phi) is 18.0. The molecule has 0 bridgehead atoms. The van der Waals surface area contributed by atoms with Crippen LogP contribution in [0.3, 0.4) is 0 Å². The zero-order valence-corrected chi connectivity index (χ0v) is 27.4. The second-order valence-electron chi connectivity index (χ2n) is 12.9. The van der Waals surface area contributed by atoms with Crippen molar-refractivity contribution in [2.24, 2.45) is 0 Å². The zero-order chi connectivity index (χ0) is 30.5. The number of esters is 1. The van der Waals surface area contributed by atoms with Crippen molar-refractivity contribution >= 4 is 5.97 Å². The van der Waals surface area contributed by atoms with Crippen LogP contribution in [-0.4, -0.2) is 19.2 Å². The van der Waals surface area contributed by atoms with Crippen molar-refractivity contribution < 1.29 is 14.3 Å². The van der Waals surface area contributed by atoms with E-state index in [4.69, 9.17) is 9.47 Å². The van der Waals surface area contributed by atoms with Gasteiger partial charge in [-0.25, -0.2) is 0 Å². The summed E-state index contributed by atoms with van der Waals surface area (Å²) in [4.78, 5) is 13.6. The van der Waals surface area contributed by atoms with Crippen molar-refractivity contribution in [1.29, 1.82) is 0 Å². The number of hydrogen-bond acceptors (Lipinski definition) is 3. The van der Waals surface area contributed by atoms with Crippen LogP contribution in [0.1, 0.15) is 153 Å². The molecule has 0 aromatic heterocycles. The molecule has 0 spiro atoms. The normalized spacial score (nSPS) is 12.2. The Morgan fingerprint density at radius 3 is 1.79 bits per heavy atom. The standard InChI is InChI=1S/C39H60O3/c1-6-8-9-10-11-12-13-14-15-16-17-18-19-20-21-25-31-42-38(40)37(33-26-23-22-24-27-33)35-32-34(39(3,4)5)28-29-36(35)41-30-7-2/h7,22-24,26-29,32,37H,2,6,8-21,25,30-31H2,1,3-5H3. The second-order valence-corrected chi connectivity index (χ2v) is 12.9. The Hall–Kier alpha value is -2.55. The second kappa shape index (κ2) is 21.2. The molecule has 42 heavy (non-hydrogen) atoms. The topological polar surface area (TPSA) is 35.5 Å². The number of ether oxygens (including phenoxy) is 2. The third-order valence-electron chi connectivity index (χ3n) is 8.15. The first-order valence-electron chi connectivity index (χ1n) is 17.0. The SMILES string of the molecule is C=CCOc1ccc(C(C)(C)C)cc1C(C(=O)OCCCCCCCCCCCCCCCCCC)c1ccccc1. The van der Waals surface area contributed by atoms with Crippen LogP contribution in [0.15, 0.2) is 61.2 Å². The van der Waals surface area contributed by atoms with E-state index in [2.05, 4.69) is 46.4 Å². The van der Waals surface area contributed by atoms with Crippen LogP contribution in [0.2, 0.25) is 0 Å². The summed E-state index contributed by atoms with van der Waals surface area (Å²) in [5, 5.41) is 0. The van der Waals surface area contributed by atoms with Gasteiger partial charge in [0.1, 0.15) is 18.3 Å². The average Bonchev–Trinajstić information content (AvgIpc) is 2.98. The molecule has 2 rings (SSSR count). The number of rotatable bonds is 23. The molecule has 1 unspecified atom stereocenters. The highest BCUT2D eigenvalue weighted by Crippen LogP contribution is 2.37. The Morgan fingerprint density at radius 2 is 1.29 bits per heavy atom. The smallest absolute Gasteiger partial charge is 0.318 e. The Balaban J connectivity index is 1.77. The number of benzene rings is 2. The fourth-order valence-corrected chi connectivity index (χ4v) is 5.52. The molecule has 0 radical (unpaired) electrons. The van der Waals surface area contributed by atoms with Crippen LogP contribution in [0.4, 0.5) is 0 Å². The van der Waals surface area contributed by atoms with Gasteiger partial charge >= 0.3 is 5.97 Å². The van der Waals surface area contributed by atoms with Gasteiger partial charge in [-0.1, -0.05) is 179 Å². The van der Waals surface area contributed by atoms with E-state index in [0.29, 0.717) is 19.0 Å². The maximum Gasteiger partial charge on any atom is 0.318 e. The molecule has 0 N–H and O–H groups in total. The van der Waals surface area contributed by atoms with Crippen molar-refractivity contribution in [3.05, 3.63) is 77.9 Å². The third-order valence-corrected chi connectivity index (χ3v) is 8.15. The molecular weight excluding hydrogens is 516 g/mol. The van der Waals surface area contributed by atoms with E-state index >= 15 is 0 Å². The summed E-state index contributed by atoms with van der Waals surface area (Å²) >= 11 is 0. The van der Waals surface area contributed by atoms with Crippen molar-refractivity contribution in [3.8, 4) is 5.75 Å². The molecule has 0 aliphatic rings. The Morgan fingerprint density at radius 1 is 0.762 bits per heavy atom. The van der Waals surface area contributed by atoms with Gasteiger partial charge in [-0.15, -0.1) is 0 Å². The number of unbranched alkanes of at least 4 members (excludes halogenated alkanes) is 15. The minimum absolute atomic E-state index is 0.0512. The summed E-state index contributed by atoms with van der Waals surface area (Å²) in [5.74, 6) is -0.0397. The van der Waals surface area contributed by atoms with Gasteiger partial charge in [0.25, 0.3) is 0 Å². The molecule has 3 nitrogen and oxygen atoms in total. The zero-order valence-electron chi connectivity index (χ0n) is 27.4. The van der Waals surface area contributed by atoms with Crippen LogP contribution < -0.4 is 4.74 Å². The first kappa shape index (κ1) is 35.6. The first-order valence-corrected chi connectivity index (χ1v) is 17.0. The van der Waals surface area contributed by atoms with E-state index in [1.165, 1.54) is 89.9 Å². The van der Waals surface area contributed by atoms with Gasteiger partial charge in [0.05, 0.1) is 6.61 Å². The lowest BCUT2D eigenvalue weighted by atomic mass is 9.82. The summed E-state index contributed by atoms with van der Waals surface area (Å²) in [6, 6.07) is 16.1. The van der Waals surface area contributed by atoms with Gasteiger partial charge in [-0.05, 0) is 29.0 Å². The van der Waals surface area contributed by atoms with Crippen molar-refractivity contribution in [2.75, 3.05) is 13.2 Å². The molecule has 0 fully saturated rings. The molecule has 0 amide bonds. The lowest BCUT2D eigenvalue weighted by Gasteiger charge is -2.25. The fraction of sp³-hybridized carbons (Fsp3) is 0.615. The highest BCUT2D eigenvalue weighted by Gasteiger charge is 2.29. The van der Waals surface area contributed by atoms with Gasteiger partial charge in [-0.3, -0.25) is 4.79 Å². The molecular formula is C39H60O3. The highest BCUT2D eigenvalue weighted by atomic mass is 16.5. The minimum Gasteiger partial charge on any atom is -0.489 e. The van der Waals surface area contributed by atoms with Crippen LogP contribution in [0.25, 0.3) is 0 Å². The van der Waals surface area contributed by atoms with E-state index < -0.39 is 5.92 Å². The van der Waals surface area contributed by atoms with Gasteiger partial charge in [-0.2, -0.15) is 0 Å². The predicted molar refractivity (Wildman–Crippen MR) is 180 cm³/mol. The van der Waals surface area contributed by atoms with E-state index in [9.17, 15) is 4.79 Å². The summed E-state index contributed by atoms with van der Waals surface area (Å²) in [6.45, 7) is 13.5. The molecule has 0 saturated heterocycles. The van der Waals surface area contributed by atoms with Crippen LogP contribution in [0, 0.1) is 0 Å². The molecule has 234 valence electrons. The highest BCUT2D eigenvalue weighted by molar-refractivity contribution is 5.83. The quantitative estimate of drug-likeness (QED) is 0.0750. The lowest BCUT2D eigenvalue weighted by Crippen LogP contribution is -2.20. The summed E-state index contributed by atoms with van der Waals surface area (Å²) in [5.41, 5.74) is 2.89. The Labute approximate surface area is 258 Å². The lowest BCUT2D eigenvalue weighted by molar-refractivity contribution is -0.144. The van der Waals surface area contributed by atoms with Gasteiger partial charge in [0.15, 0.2) is 0 Å². The van der Waals surface area contributed by atoms with Crippen LogP contribution in [0.5, 0.6) is 5.75 Å². The number of carbonyl (C=O) groups is 1. The van der Waals surface area contributed by atoms with Crippen molar-refractivity contribution in [2.45, 2.75) is 142 Å². The minimum atomic E-state index is -0.533. The summed E-state index contributed by atoms with van der Waals surface area (Å²) < 4.78 is 11.9. The maximum atomic E-state index is 13.6. The fourth-order valence-electron chi connectivity index (χ4n) is 5.52. The maximum absolute atomic E-state index is 13.6. The number of carbonyl (C=O) groups excluding carboxylic acids is 1. The van der Waals surface area contributed by atoms with Crippen molar-refractivity contribution in [3.63, 3.8) is 0 Å². The molecule has 2 aromatic rings. The molecule has 1 atom stereocenters. The van der Waals surface area contributed by atoms with Crippen LogP contribution in [-0.2, 0) is 14.9 Å². The molecule has 2 aromatic carbocycles. The van der Waals surface area contributed by atoms with E-state index in [1.807, 2.05) is 36.4 Å². The van der Waals surface area contributed by atoms with E-state index in [-0.39, 0.29) is 11.4 Å². The van der Waals surface area contributed by atoms with Crippen LogP contribution >= 0.6 is 0 Å². The largest absolute Gasteiger partial charge is 0.489 e. The first-order chi connectivity index (χ1) is 20.4. The molecule has 0 aliphatic carbocycles. The average molecular weight is 577 g/mol. The van der Waals surface area contributed by atoms with Gasteiger partial charge in [0.2, 0.25) is 0 Å².